The summed E-state index contributed by atoms with van der Waals surface area (Å²) in [6.45, 7) is 5.52. The van der Waals surface area contributed by atoms with Crippen LogP contribution in [0.1, 0.15) is 30.4 Å². The lowest BCUT2D eigenvalue weighted by Gasteiger charge is -2.11. The zero-order valence-corrected chi connectivity index (χ0v) is 12.5. The molecule has 0 unspecified atom stereocenters. The third-order valence-electron chi connectivity index (χ3n) is 3.37. The van der Waals surface area contributed by atoms with Crippen LogP contribution < -0.4 is 5.32 Å². The molecule has 2 aromatic heterocycles. The van der Waals surface area contributed by atoms with E-state index in [0.717, 1.165) is 11.4 Å². The second-order valence-corrected chi connectivity index (χ2v) is 5.03. The Morgan fingerprint density at radius 3 is 2.68 bits per heavy atom. The number of nitrogens with one attached hydrogen (secondary N) is 1. The minimum absolute atomic E-state index is 0.168. The van der Waals surface area contributed by atoms with E-state index < -0.39 is 0 Å². The van der Waals surface area contributed by atoms with Gasteiger partial charge in [-0.25, -0.2) is 9.07 Å². The largest absolute Gasteiger partial charge is 0.423 e. The number of aromatic nitrogens is 4. The molecule has 0 aliphatic heterocycles. The molecule has 1 atom stereocenters. The zero-order chi connectivity index (χ0) is 15.7. The number of anilines is 1. The Labute approximate surface area is 127 Å². The van der Waals surface area contributed by atoms with Gasteiger partial charge in [0.2, 0.25) is 11.8 Å². The summed E-state index contributed by atoms with van der Waals surface area (Å²) < 4.78 is 20.8. The first kappa shape index (κ1) is 14.2. The normalized spacial score (nSPS) is 12.4. The molecule has 0 fully saturated rings. The Morgan fingerprint density at radius 2 is 2.00 bits per heavy atom. The number of rotatable bonds is 4. The molecule has 7 heteroatoms. The van der Waals surface area contributed by atoms with Gasteiger partial charge in [0.1, 0.15) is 17.5 Å². The van der Waals surface area contributed by atoms with Gasteiger partial charge in [0.15, 0.2) is 0 Å². The van der Waals surface area contributed by atoms with Gasteiger partial charge >= 0.3 is 0 Å². The molecule has 0 saturated carbocycles. The minimum atomic E-state index is -0.319. The molecule has 0 saturated heterocycles. The highest BCUT2D eigenvalue weighted by Crippen LogP contribution is 2.24. The Bertz CT molecular complexity index is 795. The Hall–Kier alpha value is -2.70. The van der Waals surface area contributed by atoms with Crippen LogP contribution in [0.25, 0.3) is 5.69 Å². The lowest BCUT2D eigenvalue weighted by Crippen LogP contribution is -2.08. The average molecular weight is 301 g/mol. The van der Waals surface area contributed by atoms with Crippen molar-refractivity contribution in [3.8, 4) is 5.69 Å². The molecular formula is C15H16FN5O. The summed E-state index contributed by atoms with van der Waals surface area (Å²) in [4.78, 5) is 0. The molecule has 1 N–H and O–H groups in total. The lowest BCUT2D eigenvalue weighted by atomic mass is 10.2. The number of benzene rings is 1. The molecule has 0 aliphatic rings. The van der Waals surface area contributed by atoms with Crippen molar-refractivity contribution >= 4 is 5.69 Å². The van der Waals surface area contributed by atoms with E-state index >= 15 is 0 Å². The molecule has 114 valence electrons. The fourth-order valence-corrected chi connectivity index (χ4v) is 2.20. The Kier molecular flexibility index (Phi) is 3.62. The first-order valence-electron chi connectivity index (χ1n) is 6.92. The second-order valence-electron chi connectivity index (χ2n) is 5.03. The molecule has 0 aliphatic carbocycles. The Morgan fingerprint density at radius 1 is 1.23 bits per heavy atom. The van der Waals surface area contributed by atoms with E-state index in [0.29, 0.717) is 17.5 Å². The summed E-state index contributed by atoms with van der Waals surface area (Å²) in [6.07, 6.45) is 1.65. The van der Waals surface area contributed by atoms with Crippen LogP contribution in [0.4, 0.5) is 10.1 Å². The van der Waals surface area contributed by atoms with Crippen LogP contribution in [-0.4, -0.2) is 20.0 Å². The third kappa shape index (κ3) is 2.57. The molecule has 3 aromatic rings. The zero-order valence-electron chi connectivity index (χ0n) is 12.5. The van der Waals surface area contributed by atoms with Gasteiger partial charge in [-0.2, -0.15) is 5.10 Å². The van der Waals surface area contributed by atoms with Crippen LogP contribution in [0.3, 0.4) is 0 Å². The maximum absolute atomic E-state index is 13.9. The predicted molar refractivity (Wildman–Crippen MR) is 79.3 cm³/mol. The summed E-state index contributed by atoms with van der Waals surface area (Å²) in [7, 11) is 0. The van der Waals surface area contributed by atoms with Crippen LogP contribution in [0, 0.1) is 19.7 Å². The maximum atomic E-state index is 13.9. The quantitative estimate of drug-likeness (QED) is 0.801. The minimum Gasteiger partial charge on any atom is -0.423 e. The number of aryl methyl sites for hydroxylation is 1. The van der Waals surface area contributed by atoms with E-state index in [2.05, 4.69) is 20.6 Å². The maximum Gasteiger partial charge on any atom is 0.238 e. The molecule has 6 nitrogen and oxygen atoms in total. The average Bonchev–Trinajstić information content (AvgIpc) is 3.07. The number of hydrogen-bond donors (Lipinski definition) is 1. The van der Waals surface area contributed by atoms with E-state index in [-0.39, 0.29) is 11.9 Å². The van der Waals surface area contributed by atoms with Gasteiger partial charge < -0.3 is 9.73 Å². The molecule has 0 bridgehead atoms. The fraction of sp³-hybridized carbons (Fsp3) is 0.267. The first-order valence-corrected chi connectivity index (χ1v) is 6.92. The topological polar surface area (TPSA) is 68.8 Å². The number of hydrogen-bond acceptors (Lipinski definition) is 5. The summed E-state index contributed by atoms with van der Waals surface area (Å²) >= 11 is 0. The summed E-state index contributed by atoms with van der Waals surface area (Å²) in [5.41, 5.74) is 1.99. The van der Waals surface area contributed by atoms with Crippen LogP contribution >= 0.6 is 0 Å². The van der Waals surface area contributed by atoms with E-state index in [1.54, 1.807) is 36.0 Å². The van der Waals surface area contributed by atoms with Crippen molar-refractivity contribution < 1.29 is 8.81 Å². The van der Waals surface area contributed by atoms with Gasteiger partial charge in [0, 0.05) is 6.92 Å². The van der Waals surface area contributed by atoms with Crippen LogP contribution in [0.15, 0.2) is 34.9 Å². The van der Waals surface area contributed by atoms with Crippen molar-refractivity contribution in [2.75, 3.05) is 5.32 Å². The molecule has 22 heavy (non-hydrogen) atoms. The molecule has 0 amide bonds. The van der Waals surface area contributed by atoms with E-state index in [4.69, 9.17) is 4.42 Å². The van der Waals surface area contributed by atoms with Crippen molar-refractivity contribution in [1.82, 2.24) is 20.0 Å². The van der Waals surface area contributed by atoms with Crippen LogP contribution in [-0.2, 0) is 0 Å². The highest BCUT2D eigenvalue weighted by molar-refractivity contribution is 5.50. The lowest BCUT2D eigenvalue weighted by molar-refractivity contribution is 0.451. The van der Waals surface area contributed by atoms with Crippen LogP contribution in [0.5, 0.6) is 0 Å². The van der Waals surface area contributed by atoms with Gasteiger partial charge in [-0.3, -0.25) is 0 Å². The fourth-order valence-electron chi connectivity index (χ4n) is 2.20. The SMILES string of the molecule is Cc1nnc([C@H](C)Nc2cnn(-c3ccccc3F)c2C)o1. The van der Waals surface area contributed by atoms with Crippen molar-refractivity contribution in [3.63, 3.8) is 0 Å². The molecular weight excluding hydrogens is 285 g/mol. The van der Waals surface area contributed by atoms with E-state index in [1.807, 2.05) is 13.8 Å². The van der Waals surface area contributed by atoms with Gasteiger partial charge in [0.25, 0.3) is 0 Å². The van der Waals surface area contributed by atoms with Crippen molar-refractivity contribution in [1.29, 1.82) is 0 Å². The Balaban J connectivity index is 1.86. The summed E-state index contributed by atoms with van der Waals surface area (Å²) in [6, 6.07) is 6.35. The van der Waals surface area contributed by atoms with Gasteiger partial charge in [-0.1, -0.05) is 12.1 Å². The molecule has 1 aromatic carbocycles. The van der Waals surface area contributed by atoms with Gasteiger partial charge in [-0.05, 0) is 26.0 Å². The van der Waals surface area contributed by atoms with Gasteiger partial charge in [-0.15, -0.1) is 10.2 Å². The van der Waals surface area contributed by atoms with E-state index in [1.165, 1.54) is 6.07 Å². The number of para-hydroxylation sites is 1. The monoisotopic (exact) mass is 301 g/mol. The molecule has 2 heterocycles. The number of halogens is 1. The van der Waals surface area contributed by atoms with Crippen molar-refractivity contribution in [3.05, 3.63) is 53.8 Å². The van der Waals surface area contributed by atoms with Crippen LogP contribution in [0.2, 0.25) is 0 Å². The molecule has 0 radical (unpaired) electrons. The van der Waals surface area contributed by atoms with Crippen molar-refractivity contribution in [2.45, 2.75) is 26.8 Å². The molecule has 0 spiro atoms. The highest BCUT2D eigenvalue weighted by atomic mass is 19.1. The first-order chi connectivity index (χ1) is 10.6. The van der Waals surface area contributed by atoms with Gasteiger partial charge in [0.05, 0.1) is 17.6 Å². The predicted octanol–water partition coefficient (Wildman–Crippen LogP) is 3.18. The third-order valence-corrected chi connectivity index (χ3v) is 3.37. The summed E-state index contributed by atoms with van der Waals surface area (Å²) in [5, 5.41) is 15.3. The second kappa shape index (κ2) is 5.59. The highest BCUT2D eigenvalue weighted by Gasteiger charge is 2.16. The van der Waals surface area contributed by atoms with E-state index in [9.17, 15) is 4.39 Å². The van der Waals surface area contributed by atoms with Crippen molar-refractivity contribution in [2.24, 2.45) is 0 Å². The smallest absolute Gasteiger partial charge is 0.238 e. The summed E-state index contributed by atoms with van der Waals surface area (Å²) in [5.74, 6) is 0.693. The standard InChI is InChI=1S/C15H16FN5O/c1-9(15-20-19-11(3)22-15)18-13-8-17-21(10(13)2)14-7-5-4-6-12(14)16/h4-9,18H,1-3H3/t9-/m0/s1. The molecule has 3 rings (SSSR count). The number of nitrogens with zero attached hydrogens (tertiary/aromatic N) is 4.